The monoisotopic (exact) mass is 355 g/mol. The number of carbonyl (C=O) groups excluding carboxylic acids is 1. The number of aryl methyl sites for hydroxylation is 1. The lowest BCUT2D eigenvalue weighted by atomic mass is 10.1. The van der Waals surface area contributed by atoms with Crippen molar-refractivity contribution in [2.45, 2.75) is 6.92 Å². The van der Waals surface area contributed by atoms with Crippen molar-refractivity contribution in [1.82, 2.24) is 9.97 Å². The number of ether oxygens (including phenoxy) is 2. The normalized spacial score (nSPS) is 10.4. The predicted octanol–water partition coefficient (Wildman–Crippen LogP) is 3.78. The number of methoxy groups -OCH3 is 2. The third-order valence-electron chi connectivity index (χ3n) is 3.54. The molecule has 0 unspecified atom stereocenters. The highest BCUT2D eigenvalue weighted by Crippen LogP contribution is 2.37. The first-order valence-electron chi connectivity index (χ1n) is 7.53. The molecule has 0 saturated heterocycles. The van der Waals surface area contributed by atoms with Crippen molar-refractivity contribution in [2.24, 2.45) is 0 Å². The van der Waals surface area contributed by atoms with Gasteiger partial charge in [-0.15, -0.1) is 11.3 Å². The maximum atomic E-state index is 12.6. The Balaban J connectivity index is 1.85. The van der Waals surface area contributed by atoms with Crippen LogP contribution in [0.25, 0.3) is 11.3 Å². The second kappa shape index (κ2) is 7.31. The number of benzene rings is 1. The molecule has 128 valence electrons. The Morgan fingerprint density at radius 1 is 1.20 bits per heavy atom. The zero-order valence-corrected chi connectivity index (χ0v) is 14.9. The summed E-state index contributed by atoms with van der Waals surface area (Å²) in [6.45, 7) is 1.84. The van der Waals surface area contributed by atoms with Gasteiger partial charge in [0, 0.05) is 22.8 Å². The van der Waals surface area contributed by atoms with E-state index in [0.29, 0.717) is 27.9 Å². The molecule has 0 aliphatic rings. The minimum Gasteiger partial charge on any atom is -0.492 e. The smallest absolute Gasteiger partial charge is 0.269 e. The third kappa shape index (κ3) is 3.61. The lowest BCUT2D eigenvalue weighted by molar-refractivity contribution is 0.102. The molecule has 1 N–H and O–H groups in total. The van der Waals surface area contributed by atoms with Gasteiger partial charge in [-0.25, -0.2) is 9.97 Å². The van der Waals surface area contributed by atoms with E-state index in [1.807, 2.05) is 37.3 Å². The Morgan fingerprint density at radius 3 is 2.76 bits per heavy atom. The number of amides is 1. The molecule has 0 bridgehead atoms. The Morgan fingerprint density at radius 2 is 2.04 bits per heavy atom. The van der Waals surface area contributed by atoms with Crippen molar-refractivity contribution in [3.8, 4) is 22.8 Å². The summed E-state index contributed by atoms with van der Waals surface area (Å²) in [7, 11) is 3.05. The van der Waals surface area contributed by atoms with Gasteiger partial charge in [0.05, 0.1) is 19.9 Å². The molecule has 0 atom stereocenters. The van der Waals surface area contributed by atoms with Crippen LogP contribution in [0.3, 0.4) is 0 Å². The predicted molar refractivity (Wildman–Crippen MR) is 97.6 cm³/mol. The molecule has 7 heteroatoms. The van der Waals surface area contributed by atoms with Crippen LogP contribution in [0.2, 0.25) is 0 Å². The lowest BCUT2D eigenvalue weighted by Gasteiger charge is -2.08. The molecule has 3 aromatic rings. The second-order valence-electron chi connectivity index (χ2n) is 5.19. The van der Waals surface area contributed by atoms with Crippen LogP contribution in [0.1, 0.15) is 15.5 Å². The number of rotatable bonds is 5. The maximum Gasteiger partial charge on any atom is 0.269 e. The molecule has 3 rings (SSSR count). The second-order valence-corrected chi connectivity index (χ2v) is 6.07. The molecule has 0 radical (unpaired) electrons. The molecule has 0 spiro atoms. The SMILES string of the molecule is COc1csc(C(=O)Nc2cccc(-c3ccnc(C)n3)c2)c1OC. The van der Waals surface area contributed by atoms with Crippen molar-refractivity contribution < 1.29 is 14.3 Å². The van der Waals surface area contributed by atoms with E-state index in [1.165, 1.54) is 18.4 Å². The van der Waals surface area contributed by atoms with Crippen LogP contribution < -0.4 is 14.8 Å². The number of nitrogens with one attached hydrogen (secondary N) is 1. The zero-order chi connectivity index (χ0) is 17.8. The molecule has 2 aromatic heterocycles. The van der Waals surface area contributed by atoms with Crippen LogP contribution in [0, 0.1) is 6.92 Å². The molecule has 1 aromatic carbocycles. The van der Waals surface area contributed by atoms with Gasteiger partial charge in [-0.05, 0) is 25.1 Å². The van der Waals surface area contributed by atoms with E-state index in [2.05, 4.69) is 15.3 Å². The van der Waals surface area contributed by atoms with Crippen molar-refractivity contribution >= 4 is 22.9 Å². The number of thiophene rings is 1. The topological polar surface area (TPSA) is 73.3 Å². The minimum absolute atomic E-state index is 0.249. The standard InChI is InChI=1S/C18H17N3O3S/c1-11-19-8-7-14(20-11)12-5-4-6-13(9-12)21-18(22)17-16(24-3)15(23-2)10-25-17/h4-10H,1-3H3,(H,21,22). The molecule has 0 fully saturated rings. The van der Waals surface area contributed by atoms with E-state index in [-0.39, 0.29) is 5.91 Å². The number of hydrogen-bond donors (Lipinski definition) is 1. The maximum absolute atomic E-state index is 12.6. The van der Waals surface area contributed by atoms with Crippen LogP contribution in [0.4, 0.5) is 5.69 Å². The van der Waals surface area contributed by atoms with Crippen molar-refractivity contribution in [1.29, 1.82) is 0 Å². The fraction of sp³-hybridized carbons (Fsp3) is 0.167. The van der Waals surface area contributed by atoms with E-state index in [0.717, 1.165) is 11.3 Å². The molecule has 25 heavy (non-hydrogen) atoms. The largest absolute Gasteiger partial charge is 0.492 e. The minimum atomic E-state index is -0.249. The summed E-state index contributed by atoms with van der Waals surface area (Å²) >= 11 is 1.27. The molecule has 0 aliphatic carbocycles. The number of nitrogens with zero attached hydrogens (tertiary/aromatic N) is 2. The average Bonchev–Trinajstić information content (AvgIpc) is 3.05. The van der Waals surface area contributed by atoms with Gasteiger partial charge in [-0.1, -0.05) is 12.1 Å². The van der Waals surface area contributed by atoms with Crippen LogP contribution in [-0.4, -0.2) is 30.1 Å². The van der Waals surface area contributed by atoms with E-state index >= 15 is 0 Å². The van der Waals surface area contributed by atoms with Gasteiger partial charge in [0.1, 0.15) is 10.7 Å². The molecule has 0 aliphatic heterocycles. The lowest BCUT2D eigenvalue weighted by Crippen LogP contribution is -2.11. The summed E-state index contributed by atoms with van der Waals surface area (Å²) in [4.78, 5) is 21.5. The van der Waals surface area contributed by atoms with Crippen molar-refractivity contribution in [3.63, 3.8) is 0 Å². The molecular weight excluding hydrogens is 338 g/mol. The van der Waals surface area contributed by atoms with Crippen LogP contribution >= 0.6 is 11.3 Å². The molecule has 1 amide bonds. The highest BCUT2D eigenvalue weighted by atomic mass is 32.1. The number of hydrogen-bond acceptors (Lipinski definition) is 6. The van der Waals surface area contributed by atoms with Crippen molar-refractivity contribution in [2.75, 3.05) is 19.5 Å². The molecule has 2 heterocycles. The summed E-state index contributed by atoms with van der Waals surface area (Å²) in [5, 5.41) is 4.63. The van der Waals surface area contributed by atoms with E-state index < -0.39 is 0 Å². The fourth-order valence-electron chi connectivity index (χ4n) is 2.38. The fourth-order valence-corrected chi connectivity index (χ4v) is 3.26. The number of carbonyl (C=O) groups is 1. The van der Waals surface area contributed by atoms with Crippen LogP contribution in [-0.2, 0) is 0 Å². The summed E-state index contributed by atoms with van der Waals surface area (Å²) in [5.41, 5.74) is 2.38. The number of anilines is 1. The highest BCUT2D eigenvalue weighted by Gasteiger charge is 2.19. The Hall–Kier alpha value is -2.93. The van der Waals surface area contributed by atoms with E-state index in [9.17, 15) is 4.79 Å². The Kier molecular flexibility index (Phi) is 4.95. The quantitative estimate of drug-likeness (QED) is 0.754. The third-order valence-corrected chi connectivity index (χ3v) is 4.47. The van der Waals surface area contributed by atoms with Gasteiger partial charge in [-0.3, -0.25) is 4.79 Å². The molecular formula is C18H17N3O3S. The summed E-state index contributed by atoms with van der Waals surface area (Å²) in [6.07, 6.45) is 1.71. The van der Waals surface area contributed by atoms with Crippen LogP contribution in [0.5, 0.6) is 11.5 Å². The van der Waals surface area contributed by atoms with E-state index in [1.54, 1.807) is 18.7 Å². The van der Waals surface area contributed by atoms with Crippen LogP contribution in [0.15, 0.2) is 41.9 Å². The Bertz CT molecular complexity index is 908. The average molecular weight is 355 g/mol. The highest BCUT2D eigenvalue weighted by molar-refractivity contribution is 7.13. The van der Waals surface area contributed by atoms with Gasteiger partial charge < -0.3 is 14.8 Å². The van der Waals surface area contributed by atoms with Gasteiger partial charge in [0.2, 0.25) is 0 Å². The van der Waals surface area contributed by atoms with Gasteiger partial charge >= 0.3 is 0 Å². The first kappa shape index (κ1) is 16.9. The van der Waals surface area contributed by atoms with E-state index in [4.69, 9.17) is 9.47 Å². The summed E-state index contributed by atoms with van der Waals surface area (Å²) in [6, 6.07) is 9.34. The van der Waals surface area contributed by atoms with Gasteiger partial charge in [0.15, 0.2) is 11.5 Å². The first-order chi connectivity index (χ1) is 12.1. The van der Waals surface area contributed by atoms with Gasteiger partial charge in [-0.2, -0.15) is 0 Å². The first-order valence-corrected chi connectivity index (χ1v) is 8.41. The Labute approximate surface area is 149 Å². The van der Waals surface area contributed by atoms with Crippen molar-refractivity contribution in [3.05, 3.63) is 52.6 Å². The number of aromatic nitrogens is 2. The molecule has 6 nitrogen and oxygen atoms in total. The summed E-state index contributed by atoms with van der Waals surface area (Å²) < 4.78 is 10.5. The van der Waals surface area contributed by atoms with Gasteiger partial charge in [0.25, 0.3) is 5.91 Å². The zero-order valence-electron chi connectivity index (χ0n) is 14.1. The summed E-state index contributed by atoms with van der Waals surface area (Å²) in [5.74, 6) is 1.43. The molecule has 0 saturated carbocycles.